The van der Waals surface area contributed by atoms with Crippen LogP contribution in [-0.2, 0) is 14.3 Å². The monoisotopic (exact) mass is 429 g/mol. The number of halogens is 1. The second-order valence-corrected chi connectivity index (χ2v) is 6.50. The number of methoxy groups -OCH3 is 1. The van der Waals surface area contributed by atoms with Gasteiger partial charge in [0.05, 0.1) is 7.11 Å². The van der Waals surface area contributed by atoms with E-state index in [2.05, 4.69) is 20.9 Å². The lowest BCUT2D eigenvalue weighted by Gasteiger charge is -2.09. The highest BCUT2D eigenvalue weighted by atomic mass is 79.9. The van der Waals surface area contributed by atoms with Crippen LogP contribution in [0.1, 0.15) is 24.5 Å². The van der Waals surface area contributed by atoms with E-state index in [9.17, 15) is 9.59 Å². The molecule has 0 aliphatic carbocycles. The van der Waals surface area contributed by atoms with Crippen LogP contribution in [0.2, 0.25) is 0 Å². The Morgan fingerprint density at radius 3 is 2.74 bits per heavy atom. The van der Waals surface area contributed by atoms with Gasteiger partial charge in [-0.25, -0.2) is 9.79 Å². The molecule has 2 aromatic carbocycles. The Kier molecular flexibility index (Phi) is 5.71. The molecule has 1 heterocycles. The van der Waals surface area contributed by atoms with Crippen LogP contribution < -0.4 is 9.47 Å². The van der Waals surface area contributed by atoms with Gasteiger partial charge in [-0.1, -0.05) is 35.0 Å². The summed E-state index contributed by atoms with van der Waals surface area (Å²) in [6.07, 6.45) is 1.84. The summed E-state index contributed by atoms with van der Waals surface area (Å²) in [5, 5.41) is 0. The Morgan fingerprint density at radius 2 is 2.04 bits per heavy atom. The van der Waals surface area contributed by atoms with E-state index in [1.54, 1.807) is 37.3 Å². The van der Waals surface area contributed by atoms with E-state index >= 15 is 0 Å². The number of cyclic esters (lactones) is 1. The summed E-state index contributed by atoms with van der Waals surface area (Å²) in [4.78, 5) is 27.9. The normalized spacial score (nSPS) is 14.7. The first-order valence-corrected chi connectivity index (χ1v) is 8.96. The molecule has 6 nitrogen and oxygen atoms in total. The molecular formula is C20H16BrNO5. The van der Waals surface area contributed by atoms with Crippen molar-refractivity contribution in [1.82, 2.24) is 0 Å². The van der Waals surface area contributed by atoms with E-state index in [4.69, 9.17) is 14.2 Å². The van der Waals surface area contributed by atoms with Gasteiger partial charge in [-0.05, 0) is 42.0 Å². The highest BCUT2D eigenvalue weighted by molar-refractivity contribution is 9.10. The molecule has 2 aromatic rings. The molecule has 0 spiro atoms. The Bertz CT molecular complexity index is 965. The number of ether oxygens (including phenoxy) is 3. The quantitative estimate of drug-likeness (QED) is 0.406. The van der Waals surface area contributed by atoms with Gasteiger partial charge >= 0.3 is 11.9 Å². The molecule has 0 fully saturated rings. The summed E-state index contributed by atoms with van der Waals surface area (Å²) in [5.41, 5.74) is 1.53. The molecule has 0 unspecified atom stereocenters. The molecule has 1 aliphatic heterocycles. The van der Waals surface area contributed by atoms with Crippen molar-refractivity contribution >= 4 is 39.8 Å². The smallest absolute Gasteiger partial charge is 0.363 e. The second-order valence-electron chi connectivity index (χ2n) is 5.58. The van der Waals surface area contributed by atoms with Crippen LogP contribution in [0.15, 0.2) is 57.6 Å². The van der Waals surface area contributed by atoms with Crippen LogP contribution in [0.4, 0.5) is 0 Å². The van der Waals surface area contributed by atoms with Crippen LogP contribution in [-0.4, -0.2) is 24.9 Å². The number of hydrogen-bond donors (Lipinski definition) is 0. The number of aliphatic imine (C=N–C) groups is 1. The van der Waals surface area contributed by atoms with Crippen molar-refractivity contribution in [3.05, 3.63) is 63.8 Å². The predicted molar refractivity (Wildman–Crippen MR) is 104 cm³/mol. The average molecular weight is 430 g/mol. The average Bonchev–Trinajstić information content (AvgIpc) is 3.03. The molecule has 0 saturated carbocycles. The number of esters is 2. The lowest BCUT2D eigenvalue weighted by Crippen LogP contribution is -2.06. The fraction of sp³-hybridized carbons (Fsp3) is 0.150. The van der Waals surface area contributed by atoms with Crippen molar-refractivity contribution < 1.29 is 23.8 Å². The van der Waals surface area contributed by atoms with Crippen LogP contribution in [0.25, 0.3) is 6.08 Å². The van der Waals surface area contributed by atoms with E-state index in [0.29, 0.717) is 22.6 Å². The number of hydrogen-bond acceptors (Lipinski definition) is 6. The number of nitrogens with zero attached hydrogens (tertiary/aromatic N) is 1. The van der Waals surface area contributed by atoms with Gasteiger partial charge in [-0.2, -0.15) is 0 Å². The van der Waals surface area contributed by atoms with E-state index in [1.807, 2.05) is 18.2 Å². The maximum absolute atomic E-state index is 12.1. The number of carbonyl (C=O) groups excluding carboxylic acids is 2. The molecule has 0 radical (unpaired) electrons. The van der Waals surface area contributed by atoms with Gasteiger partial charge in [0.1, 0.15) is 0 Å². The van der Waals surface area contributed by atoms with E-state index in [-0.39, 0.29) is 24.0 Å². The Hall–Kier alpha value is -2.93. The van der Waals surface area contributed by atoms with E-state index in [1.165, 1.54) is 7.11 Å². The summed E-state index contributed by atoms with van der Waals surface area (Å²) in [7, 11) is 1.48. The van der Waals surface area contributed by atoms with Gasteiger partial charge in [0.2, 0.25) is 5.90 Å². The number of carbonyl (C=O) groups is 2. The summed E-state index contributed by atoms with van der Waals surface area (Å²) >= 11 is 3.38. The summed E-state index contributed by atoms with van der Waals surface area (Å²) < 4.78 is 16.6. The van der Waals surface area contributed by atoms with Crippen molar-refractivity contribution in [1.29, 1.82) is 0 Å². The molecule has 0 amide bonds. The van der Waals surface area contributed by atoms with Gasteiger partial charge in [-0.3, -0.25) is 4.79 Å². The maximum atomic E-state index is 12.1. The van der Waals surface area contributed by atoms with Crippen LogP contribution >= 0.6 is 15.9 Å². The molecule has 3 rings (SSSR count). The van der Waals surface area contributed by atoms with Crippen molar-refractivity contribution in [2.24, 2.45) is 4.99 Å². The SMILES string of the molecule is CCC(=O)Oc1ccc(C=C2N=C(c3cccc(Br)c3)OC2=O)cc1OC. The van der Waals surface area contributed by atoms with Gasteiger partial charge in [0.25, 0.3) is 0 Å². The lowest BCUT2D eigenvalue weighted by molar-refractivity contribution is -0.134. The molecular weight excluding hydrogens is 414 g/mol. The van der Waals surface area contributed by atoms with Crippen LogP contribution in [0.5, 0.6) is 11.5 Å². The zero-order chi connectivity index (χ0) is 19.4. The van der Waals surface area contributed by atoms with Crippen molar-refractivity contribution in [3.63, 3.8) is 0 Å². The van der Waals surface area contributed by atoms with Crippen molar-refractivity contribution in [3.8, 4) is 11.5 Å². The molecule has 0 N–H and O–H groups in total. The second kappa shape index (κ2) is 8.18. The van der Waals surface area contributed by atoms with Gasteiger partial charge in [-0.15, -0.1) is 0 Å². The number of benzene rings is 2. The Labute approximate surface area is 164 Å². The third kappa shape index (κ3) is 4.43. The van der Waals surface area contributed by atoms with Gasteiger partial charge in [0, 0.05) is 16.5 Å². The molecule has 0 atom stereocenters. The highest BCUT2D eigenvalue weighted by Crippen LogP contribution is 2.30. The standard InChI is InChI=1S/C20H16BrNO5/c1-3-18(23)26-16-8-7-12(10-17(16)25-2)9-15-20(24)27-19(22-15)13-5-4-6-14(21)11-13/h4-11H,3H2,1-2H3. The van der Waals surface area contributed by atoms with Gasteiger partial charge < -0.3 is 14.2 Å². The minimum absolute atomic E-state index is 0.172. The largest absolute Gasteiger partial charge is 0.493 e. The van der Waals surface area contributed by atoms with Crippen molar-refractivity contribution in [2.45, 2.75) is 13.3 Å². The molecule has 0 bridgehead atoms. The first kappa shape index (κ1) is 18.8. The molecule has 27 heavy (non-hydrogen) atoms. The molecule has 138 valence electrons. The molecule has 1 aliphatic rings. The van der Waals surface area contributed by atoms with Crippen LogP contribution in [0, 0.1) is 0 Å². The minimum atomic E-state index is -0.537. The molecule has 7 heteroatoms. The fourth-order valence-corrected chi connectivity index (χ4v) is 2.76. The highest BCUT2D eigenvalue weighted by Gasteiger charge is 2.24. The summed E-state index contributed by atoms with van der Waals surface area (Å²) in [6, 6.07) is 12.3. The summed E-state index contributed by atoms with van der Waals surface area (Å²) in [6.45, 7) is 1.71. The number of rotatable bonds is 5. The molecule has 0 aromatic heterocycles. The predicted octanol–water partition coefficient (Wildman–Crippen LogP) is 4.12. The topological polar surface area (TPSA) is 74.2 Å². The van der Waals surface area contributed by atoms with Crippen molar-refractivity contribution in [2.75, 3.05) is 7.11 Å². The zero-order valence-electron chi connectivity index (χ0n) is 14.7. The molecule has 0 saturated heterocycles. The minimum Gasteiger partial charge on any atom is -0.493 e. The Balaban J connectivity index is 1.89. The van der Waals surface area contributed by atoms with E-state index in [0.717, 1.165) is 4.47 Å². The fourth-order valence-electron chi connectivity index (χ4n) is 2.37. The Morgan fingerprint density at radius 1 is 1.22 bits per heavy atom. The third-order valence-corrected chi connectivity index (χ3v) is 4.19. The maximum Gasteiger partial charge on any atom is 0.363 e. The first-order chi connectivity index (χ1) is 13.0. The van der Waals surface area contributed by atoms with Gasteiger partial charge in [0.15, 0.2) is 17.2 Å². The third-order valence-electron chi connectivity index (χ3n) is 3.70. The summed E-state index contributed by atoms with van der Waals surface area (Å²) in [5.74, 6) is 0.0491. The first-order valence-electron chi connectivity index (χ1n) is 8.17. The zero-order valence-corrected chi connectivity index (χ0v) is 16.3. The van der Waals surface area contributed by atoms with E-state index < -0.39 is 5.97 Å². The lowest BCUT2D eigenvalue weighted by atomic mass is 10.1. The van der Waals surface area contributed by atoms with Crippen LogP contribution in [0.3, 0.4) is 0 Å².